The maximum absolute atomic E-state index is 5.89. The highest BCUT2D eigenvalue weighted by molar-refractivity contribution is 6.18. The number of rotatable bonds is 6. The van der Waals surface area contributed by atoms with Crippen LogP contribution >= 0.6 is 11.6 Å². The molecule has 0 spiro atoms. The Balaban J connectivity index is 2.34. The predicted octanol–water partition coefficient (Wildman–Crippen LogP) is 3.51. The molecule has 19 heavy (non-hydrogen) atoms. The molecule has 0 atom stereocenters. The van der Waals surface area contributed by atoms with Crippen molar-refractivity contribution in [1.29, 1.82) is 0 Å². The average molecular weight is 280 g/mol. The van der Waals surface area contributed by atoms with Crippen LogP contribution in [0.25, 0.3) is 10.9 Å². The first-order valence-corrected chi connectivity index (χ1v) is 7.45. The third kappa shape index (κ3) is 3.10. The number of nitrogens with zero attached hydrogens (tertiary/aromatic N) is 3. The quantitative estimate of drug-likeness (QED) is 0.755. The molecular weight excluding hydrogens is 258 g/mol. The molecule has 2 aromatic rings. The number of hydrogen-bond acceptors (Lipinski definition) is 2. The van der Waals surface area contributed by atoms with Gasteiger partial charge in [0.15, 0.2) is 0 Å². The molecule has 0 N–H and O–H groups in total. The zero-order valence-corrected chi connectivity index (χ0v) is 12.7. The standard InChI is InChI=1S/C15H22ClN3/c1-4-19-15-8-6-5-7-13(15)14(17-19)11-18(10-9-16)12(2)3/h5-8,12H,4,9-11H2,1-3H3. The van der Waals surface area contributed by atoms with E-state index in [4.69, 9.17) is 16.7 Å². The van der Waals surface area contributed by atoms with E-state index in [2.05, 4.69) is 54.6 Å². The van der Waals surface area contributed by atoms with Gasteiger partial charge in [0.05, 0.1) is 11.2 Å². The minimum atomic E-state index is 0.476. The molecule has 0 saturated carbocycles. The zero-order chi connectivity index (χ0) is 13.8. The topological polar surface area (TPSA) is 21.1 Å². The monoisotopic (exact) mass is 279 g/mol. The van der Waals surface area contributed by atoms with Gasteiger partial charge in [0.1, 0.15) is 0 Å². The highest BCUT2D eigenvalue weighted by Gasteiger charge is 2.15. The molecule has 3 nitrogen and oxygen atoms in total. The molecule has 1 aromatic heterocycles. The lowest BCUT2D eigenvalue weighted by Crippen LogP contribution is -2.32. The second kappa shape index (κ2) is 6.40. The van der Waals surface area contributed by atoms with Gasteiger partial charge in [0, 0.05) is 36.9 Å². The van der Waals surface area contributed by atoms with Gasteiger partial charge in [-0.1, -0.05) is 18.2 Å². The summed E-state index contributed by atoms with van der Waals surface area (Å²) in [4.78, 5) is 2.36. The molecule has 0 fully saturated rings. The molecule has 0 amide bonds. The van der Waals surface area contributed by atoms with Crippen LogP contribution in [-0.4, -0.2) is 33.1 Å². The van der Waals surface area contributed by atoms with E-state index in [1.54, 1.807) is 0 Å². The number of alkyl halides is 1. The zero-order valence-electron chi connectivity index (χ0n) is 11.9. The third-order valence-corrected chi connectivity index (χ3v) is 3.66. The smallest absolute Gasteiger partial charge is 0.0843 e. The van der Waals surface area contributed by atoms with Crippen molar-refractivity contribution >= 4 is 22.5 Å². The van der Waals surface area contributed by atoms with Crippen LogP contribution in [0, 0.1) is 0 Å². The Hall–Kier alpha value is -1.06. The van der Waals surface area contributed by atoms with E-state index in [0.29, 0.717) is 11.9 Å². The molecule has 1 aromatic carbocycles. The summed E-state index contributed by atoms with van der Waals surface area (Å²) in [6.45, 7) is 9.18. The second-order valence-electron chi connectivity index (χ2n) is 5.03. The summed E-state index contributed by atoms with van der Waals surface area (Å²) in [5, 5.41) is 6.00. The fraction of sp³-hybridized carbons (Fsp3) is 0.533. The van der Waals surface area contributed by atoms with Crippen molar-refractivity contribution < 1.29 is 0 Å². The minimum Gasteiger partial charge on any atom is -0.294 e. The number of para-hydroxylation sites is 1. The molecule has 0 saturated heterocycles. The number of fused-ring (bicyclic) bond motifs is 1. The Morgan fingerprint density at radius 2 is 2.05 bits per heavy atom. The first-order valence-electron chi connectivity index (χ1n) is 6.91. The highest BCUT2D eigenvalue weighted by atomic mass is 35.5. The average Bonchev–Trinajstić information content (AvgIpc) is 2.76. The van der Waals surface area contributed by atoms with Crippen LogP contribution < -0.4 is 0 Å². The molecule has 4 heteroatoms. The summed E-state index contributed by atoms with van der Waals surface area (Å²) in [7, 11) is 0. The van der Waals surface area contributed by atoms with Gasteiger partial charge in [-0.3, -0.25) is 9.58 Å². The molecule has 0 unspecified atom stereocenters. The first-order chi connectivity index (χ1) is 9.17. The van der Waals surface area contributed by atoms with Gasteiger partial charge in [-0.25, -0.2) is 0 Å². The van der Waals surface area contributed by atoms with Crippen molar-refractivity contribution in [3.63, 3.8) is 0 Å². The van der Waals surface area contributed by atoms with E-state index in [-0.39, 0.29) is 0 Å². The summed E-state index contributed by atoms with van der Waals surface area (Å²) in [6, 6.07) is 8.91. The maximum Gasteiger partial charge on any atom is 0.0843 e. The Morgan fingerprint density at radius 3 is 2.68 bits per heavy atom. The SMILES string of the molecule is CCn1nc(CN(CCCl)C(C)C)c2ccccc21. The van der Waals surface area contributed by atoms with Gasteiger partial charge < -0.3 is 0 Å². The van der Waals surface area contributed by atoms with E-state index in [1.165, 1.54) is 10.9 Å². The fourth-order valence-electron chi connectivity index (χ4n) is 2.37. The molecule has 0 aliphatic rings. The number of halogens is 1. The molecule has 0 aliphatic heterocycles. The van der Waals surface area contributed by atoms with Gasteiger partial charge >= 0.3 is 0 Å². The van der Waals surface area contributed by atoms with Crippen LogP contribution in [0.4, 0.5) is 0 Å². The Kier molecular flexibility index (Phi) is 4.83. The van der Waals surface area contributed by atoms with Crippen molar-refractivity contribution in [2.75, 3.05) is 12.4 Å². The van der Waals surface area contributed by atoms with Crippen molar-refractivity contribution in [3.05, 3.63) is 30.0 Å². The van der Waals surface area contributed by atoms with E-state index in [1.807, 2.05) is 0 Å². The Morgan fingerprint density at radius 1 is 1.32 bits per heavy atom. The lowest BCUT2D eigenvalue weighted by Gasteiger charge is -2.24. The molecule has 2 rings (SSSR count). The molecule has 0 radical (unpaired) electrons. The van der Waals surface area contributed by atoms with Crippen LogP contribution in [0.3, 0.4) is 0 Å². The molecule has 1 heterocycles. The Bertz CT molecular complexity index is 533. The van der Waals surface area contributed by atoms with Crippen molar-refractivity contribution in [2.45, 2.75) is 39.9 Å². The van der Waals surface area contributed by atoms with Gasteiger partial charge in [-0.15, -0.1) is 11.6 Å². The van der Waals surface area contributed by atoms with Crippen LogP contribution in [-0.2, 0) is 13.1 Å². The third-order valence-electron chi connectivity index (χ3n) is 3.49. The summed E-state index contributed by atoms with van der Waals surface area (Å²) in [5.74, 6) is 0.657. The van der Waals surface area contributed by atoms with Crippen LogP contribution in [0.2, 0.25) is 0 Å². The number of aryl methyl sites for hydroxylation is 1. The Labute approximate surface area is 120 Å². The van der Waals surface area contributed by atoms with E-state index in [0.717, 1.165) is 25.3 Å². The maximum atomic E-state index is 5.89. The molecule has 0 bridgehead atoms. The predicted molar refractivity (Wildman–Crippen MR) is 81.7 cm³/mol. The fourth-order valence-corrected chi connectivity index (χ4v) is 2.59. The lowest BCUT2D eigenvalue weighted by molar-refractivity contribution is 0.224. The van der Waals surface area contributed by atoms with Gasteiger partial charge in [0.2, 0.25) is 0 Å². The normalized spacial score (nSPS) is 11.9. The van der Waals surface area contributed by atoms with Crippen molar-refractivity contribution in [2.24, 2.45) is 0 Å². The molecule has 0 aliphatic carbocycles. The largest absolute Gasteiger partial charge is 0.294 e. The van der Waals surface area contributed by atoms with Crippen LogP contribution in [0.1, 0.15) is 26.5 Å². The first kappa shape index (κ1) is 14.4. The summed E-state index contributed by atoms with van der Waals surface area (Å²) in [5.41, 5.74) is 2.37. The number of hydrogen-bond donors (Lipinski definition) is 0. The van der Waals surface area contributed by atoms with Gasteiger partial charge in [-0.2, -0.15) is 5.10 Å². The second-order valence-corrected chi connectivity index (χ2v) is 5.41. The van der Waals surface area contributed by atoms with Gasteiger partial charge in [-0.05, 0) is 26.8 Å². The van der Waals surface area contributed by atoms with Crippen LogP contribution in [0.5, 0.6) is 0 Å². The van der Waals surface area contributed by atoms with Crippen molar-refractivity contribution in [3.8, 4) is 0 Å². The molecule has 104 valence electrons. The summed E-state index contributed by atoms with van der Waals surface area (Å²) >= 11 is 5.89. The van der Waals surface area contributed by atoms with E-state index >= 15 is 0 Å². The minimum absolute atomic E-state index is 0.476. The van der Waals surface area contributed by atoms with E-state index < -0.39 is 0 Å². The summed E-state index contributed by atoms with van der Waals surface area (Å²) in [6.07, 6.45) is 0. The van der Waals surface area contributed by atoms with Crippen molar-refractivity contribution in [1.82, 2.24) is 14.7 Å². The summed E-state index contributed by atoms with van der Waals surface area (Å²) < 4.78 is 2.07. The van der Waals surface area contributed by atoms with Crippen LogP contribution in [0.15, 0.2) is 24.3 Å². The number of aromatic nitrogens is 2. The van der Waals surface area contributed by atoms with Gasteiger partial charge in [0.25, 0.3) is 0 Å². The van der Waals surface area contributed by atoms with E-state index in [9.17, 15) is 0 Å². The lowest BCUT2D eigenvalue weighted by atomic mass is 10.2. The molecular formula is C15H22ClN3. The highest BCUT2D eigenvalue weighted by Crippen LogP contribution is 2.20. The number of benzene rings is 1.